The van der Waals surface area contributed by atoms with Gasteiger partial charge in [-0.25, -0.2) is 4.79 Å². The summed E-state index contributed by atoms with van der Waals surface area (Å²) in [6, 6.07) is 9.09. The molecule has 0 spiro atoms. The Kier molecular flexibility index (Phi) is 4.27. The van der Waals surface area contributed by atoms with E-state index >= 15 is 0 Å². The van der Waals surface area contributed by atoms with E-state index in [0.29, 0.717) is 23.0 Å². The molecule has 0 unspecified atom stereocenters. The maximum atomic E-state index is 12.9. The fourth-order valence-corrected chi connectivity index (χ4v) is 4.16. The summed E-state index contributed by atoms with van der Waals surface area (Å²) in [5.41, 5.74) is 2.52. The van der Waals surface area contributed by atoms with E-state index in [4.69, 9.17) is 28.4 Å². The molecule has 154 valence electrons. The van der Waals surface area contributed by atoms with Crippen LogP contribution in [0.5, 0.6) is 23.0 Å². The van der Waals surface area contributed by atoms with Crippen LogP contribution < -0.4 is 18.9 Å². The normalized spacial score (nSPS) is 20.3. The molecule has 5 rings (SSSR count). The molecule has 0 fully saturated rings. The van der Waals surface area contributed by atoms with Gasteiger partial charge in [-0.2, -0.15) is 0 Å². The van der Waals surface area contributed by atoms with Crippen LogP contribution in [-0.4, -0.2) is 39.7 Å². The van der Waals surface area contributed by atoms with Crippen molar-refractivity contribution in [3.05, 3.63) is 52.6 Å². The summed E-state index contributed by atoms with van der Waals surface area (Å²) in [5.74, 6) is -0.220. The molecule has 0 saturated heterocycles. The molecule has 0 N–H and O–H groups in total. The largest absolute Gasteiger partial charge is 0.469 e. The van der Waals surface area contributed by atoms with E-state index in [0.717, 1.165) is 16.7 Å². The molecule has 0 amide bonds. The van der Waals surface area contributed by atoms with Crippen LogP contribution in [0.15, 0.2) is 35.9 Å². The summed E-state index contributed by atoms with van der Waals surface area (Å²) >= 11 is 0. The summed E-state index contributed by atoms with van der Waals surface area (Å²) in [4.78, 5) is 25.5. The second kappa shape index (κ2) is 6.98. The van der Waals surface area contributed by atoms with Crippen LogP contribution in [-0.2, 0) is 19.1 Å². The maximum absolute atomic E-state index is 12.9. The lowest BCUT2D eigenvalue weighted by molar-refractivity contribution is -0.147. The van der Waals surface area contributed by atoms with Crippen molar-refractivity contribution in [1.29, 1.82) is 0 Å². The van der Waals surface area contributed by atoms with E-state index in [1.807, 2.05) is 18.2 Å². The summed E-state index contributed by atoms with van der Waals surface area (Å²) in [6.45, 7) is 0.243. The minimum atomic E-state index is -0.907. The standard InChI is InChI=1S/C22H18O8/c1-25-21(23)14-5-12-7-17-18(30-10-29-17)8-13(12)19(20(14)22(24)26-2)11-3-4-15-16(6-11)28-9-27-15/h3-8,19-20H,9-10H2,1-2H3/t19-,20+/m0/s1. The first-order valence-corrected chi connectivity index (χ1v) is 9.31. The lowest BCUT2D eigenvalue weighted by atomic mass is 9.71. The maximum Gasteiger partial charge on any atom is 0.334 e. The van der Waals surface area contributed by atoms with Gasteiger partial charge < -0.3 is 28.4 Å². The lowest BCUT2D eigenvalue weighted by Crippen LogP contribution is -2.32. The molecule has 1 aliphatic carbocycles. The molecule has 2 aromatic carbocycles. The van der Waals surface area contributed by atoms with Gasteiger partial charge in [-0.1, -0.05) is 6.07 Å². The third kappa shape index (κ3) is 2.75. The van der Waals surface area contributed by atoms with Gasteiger partial charge in [-0.15, -0.1) is 0 Å². The number of benzene rings is 2. The van der Waals surface area contributed by atoms with Crippen molar-refractivity contribution in [3.63, 3.8) is 0 Å². The lowest BCUT2D eigenvalue weighted by Gasteiger charge is -2.32. The van der Waals surface area contributed by atoms with Crippen LogP contribution in [0.1, 0.15) is 22.6 Å². The van der Waals surface area contributed by atoms with Crippen molar-refractivity contribution in [2.45, 2.75) is 5.92 Å². The fraction of sp³-hybridized carbons (Fsp3) is 0.273. The van der Waals surface area contributed by atoms with Crippen LogP contribution >= 0.6 is 0 Å². The summed E-state index contributed by atoms with van der Waals surface area (Å²) in [5, 5.41) is 0. The fourth-order valence-electron chi connectivity index (χ4n) is 4.16. The average Bonchev–Trinajstić information content (AvgIpc) is 3.43. The number of ether oxygens (including phenoxy) is 6. The number of esters is 2. The molecule has 8 heteroatoms. The third-order valence-electron chi connectivity index (χ3n) is 5.52. The predicted molar refractivity (Wildman–Crippen MR) is 102 cm³/mol. The summed E-state index contributed by atoms with van der Waals surface area (Å²) in [7, 11) is 2.57. The van der Waals surface area contributed by atoms with E-state index in [-0.39, 0.29) is 19.2 Å². The molecule has 2 aromatic rings. The van der Waals surface area contributed by atoms with E-state index in [2.05, 4.69) is 0 Å². The molecular weight excluding hydrogens is 392 g/mol. The van der Waals surface area contributed by atoms with Crippen molar-refractivity contribution in [3.8, 4) is 23.0 Å². The van der Waals surface area contributed by atoms with Crippen LogP contribution in [0.3, 0.4) is 0 Å². The number of carbonyl (C=O) groups excluding carboxylic acids is 2. The Bertz CT molecular complexity index is 1090. The van der Waals surface area contributed by atoms with Crippen LogP contribution in [0, 0.1) is 5.92 Å². The molecule has 0 radical (unpaired) electrons. The van der Waals surface area contributed by atoms with Crippen LogP contribution in [0.2, 0.25) is 0 Å². The number of fused-ring (bicyclic) bond motifs is 3. The quantitative estimate of drug-likeness (QED) is 0.714. The Balaban J connectivity index is 1.74. The minimum Gasteiger partial charge on any atom is -0.469 e. The Morgan fingerprint density at radius 2 is 1.53 bits per heavy atom. The van der Waals surface area contributed by atoms with E-state index in [9.17, 15) is 9.59 Å². The molecule has 0 aromatic heterocycles. The monoisotopic (exact) mass is 410 g/mol. The van der Waals surface area contributed by atoms with Gasteiger partial charge in [0, 0.05) is 5.92 Å². The topological polar surface area (TPSA) is 89.5 Å². The molecule has 0 bridgehead atoms. The van der Waals surface area contributed by atoms with Crippen molar-refractivity contribution in [1.82, 2.24) is 0 Å². The number of methoxy groups -OCH3 is 2. The molecule has 8 nitrogen and oxygen atoms in total. The minimum absolute atomic E-state index is 0.112. The zero-order chi connectivity index (χ0) is 20.8. The van der Waals surface area contributed by atoms with E-state index < -0.39 is 23.8 Å². The smallest absolute Gasteiger partial charge is 0.334 e. The molecule has 0 saturated carbocycles. The van der Waals surface area contributed by atoms with Gasteiger partial charge >= 0.3 is 11.9 Å². The number of rotatable bonds is 3. The first-order valence-electron chi connectivity index (χ1n) is 9.31. The van der Waals surface area contributed by atoms with Crippen molar-refractivity contribution in [2.75, 3.05) is 27.8 Å². The van der Waals surface area contributed by atoms with Crippen LogP contribution in [0.25, 0.3) is 6.08 Å². The molecule has 30 heavy (non-hydrogen) atoms. The zero-order valence-electron chi connectivity index (χ0n) is 16.3. The second-order valence-electron chi connectivity index (χ2n) is 7.02. The number of hydrogen-bond donors (Lipinski definition) is 0. The van der Waals surface area contributed by atoms with Crippen molar-refractivity contribution in [2.24, 2.45) is 5.92 Å². The first kappa shape index (κ1) is 18.4. The Labute approximate surface area is 171 Å². The molecular formula is C22H18O8. The Hall–Kier alpha value is -3.68. The predicted octanol–water partition coefficient (Wildman–Crippen LogP) is 2.64. The zero-order valence-corrected chi connectivity index (χ0v) is 16.3. The Morgan fingerprint density at radius 3 is 2.23 bits per heavy atom. The summed E-state index contributed by atoms with van der Waals surface area (Å²) < 4.78 is 32.0. The van der Waals surface area contributed by atoms with E-state index in [1.165, 1.54) is 14.2 Å². The van der Waals surface area contributed by atoms with Gasteiger partial charge in [0.05, 0.1) is 25.7 Å². The van der Waals surface area contributed by atoms with Gasteiger partial charge in [0.2, 0.25) is 13.6 Å². The highest BCUT2D eigenvalue weighted by Gasteiger charge is 2.43. The van der Waals surface area contributed by atoms with Crippen LogP contribution in [0.4, 0.5) is 0 Å². The van der Waals surface area contributed by atoms with E-state index in [1.54, 1.807) is 18.2 Å². The average molecular weight is 410 g/mol. The Morgan fingerprint density at radius 1 is 0.867 bits per heavy atom. The SMILES string of the molecule is COC(=O)C1=Cc2cc3c(cc2[C@H](c2ccc4c(c2)OCO4)[C@@H]1C(=O)OC)OCO3. The molecule has 3 aliphatic rings. The molecule has 2 aliphatic heterocycles. The number of hydrogen-bond acceptors (Lipinski definition) is 8. The highest BCUT2D eigenvalue weighted by Crippen LogP contribution is 2.49. The van der Waals surface area contributed by atoms with Gasteiger partial charge in [-0.05, 0) is 47.0 Å². The second-order valence-corrected chi connectivity index (χ2v) is 7.02. The van der Waals surface area contributed by atoms with Gasteiger partial charge in [0.15, 0.2) is 23.0 Å². The summed E-state index contributed by atoms with van der Waals surface area (Å²) in [6.07, 6.45) is 1.65. The van der Waals surface area contributed by atoms with Gasteiger partial charge in [0.1, 0.15) is 0 Å². The first-order chi connectivity index (χ1) is 14.6. The van der Waals surface area contributed by atoms with Gasteiger partial charge in [-0.3, -0.25) is 4.79 Å². The highest BCUT2D eigenvalue weighted by molar-refractivity contribution is 6.02. The van der Waals surface area contributed by atoms with Crippen molar-refractivity contribution < 1.29 is 38.0 Å². The molecule has 2 heterocycles. The number of carbonyl (C=O) groups is 2. The van der Waals surface area contributed by atoms with Crippen molar-refractivity contribution >= 4 is 18.0 Å². The third-order valence-corrected chi connectivity index (χ3v) is 5.52. The van der Waals surface area contributed by atoms with Gasteiger partial charge in [0.25, 0.3) is 0 Å². The highest BCUT2D eigenvalue weighted by atomic mass is 16.7. The molecule has 2 atom stereocenters.